The zero-order valence-electron chi connectivity index (χ0n) is 11.4. The Kier molecular flexibility index (Phi) is 3.43. The number of nitrogens with one attached hydrogen (secondary N) is 1. The lowest BCUT2D eigenvalue weighted by molar-refractivity contribution is -0.119. The van der Waals surface area contributed by atoms with Crippen LogP contribution in [-0.2, 0) is 4.79 Å². The molecule has 2 N–H and O–H groups in total. The zero-order valence-corrected chi connectivity index (χ0v) is 11.4. The monoisotopic (exact) mass is 285 g/mol. The number of rotatable bonds is 2. The number of aromatic carboxylic acids is 1. The number of aromatic nitrogens is 1. The van der Waals surface area contributed by atoms with Crippen LogP contribution >= 0.6 is 0 Å². The third-order valence-corrected chi connectivity index (χ3v) is 3.50. The summed E-state index contributed by atoms with van der Waals surface area (Å²) in [6.45, 7) is 1.49. The Bertz CT molecular complexity index is 714. The summed E-state index contributed by atoms with van der Waals surface area (Å²) in [5.74, 6) is -0.581. The molecule has 0 radical (unpaired) electrons. The maximum atomic E-state index is 11.7. The molecule has 1 aromatic carbocycles. The molecule has 2 heterocycles. The Morgan fingerprint density at radius 1 is 1.33 bits per heavy atom. The van der Waals surface area contributed by atoms with Crippen molar-refractivity contribution < 1.29 is 14.7 Å². The Morgan fingerprint density at radius 3 is 2.95 bits per heavy atom. The van der Waals surface area contributed by atoms with Gasteiger partial charge in [-0.3, -0.25) is 4.79 Å². The highest BCUT2D eigenvalue weighted by Gasteiger charge is 2.20. The van der Waals surface area contributed by atoms with E-state index in [0.29, 0.717) is 18.9 Å². The number of carboxylic acids is 1. The van der Waals surface area contributed by atoms with Gasteiger partial charge in [-0.25, -0.2) is 9.78 Å². The zero-order chi connectivity index (χ0) is 14.8. The summed E-state index contributed by atoms with van der Waals surface area (Å²) in [7, 11) is 0. The van der Waals surface area contributed by atoms with Crippen LogP contribution in [0, 0.1) is 0 Å². The molecule has 6 heteroatoms. The molecule has 1 saturated heterocycles. The molecule has 0 saturated carbocycles. The van der Waals surface area contributed by atoms with Crippen molar-refractivity contribution in [2.45, 2.75) is 6.42 Å². The quantitative estimate of drug-likeness (QED) is 0.868. The Hall–Kier alpha value is -2.63. The average molecular weight is 285 g/mol. The first-order valence-electron chi connectivity index (χ1n) is 6.80. The molecule has 0 unspecified atom stereocenters. The smallest absolute Gasteiger partial charge is 0.354 e. The molecule has 6 nitrogen and oxygen atoms in total. The van der Waals surface area contributed by atoms with Crippen LogP contribution in [0.4, 0.5) is 5.82 Å². The van der Waals surface area contributed by atoms with Gasteiger partial charge in [0, 0.05) is 18.5 Å². The molecule has 1 aromatic heterocycles. The van der Waals surface area contributed by atoms with E-state index < -0.39 is 5.97 Å². The van der Waals surface area contributed by atoms with Gasteiger partial charge in [0.05, 0.1) is 6.54 Å². The SMILES string of the molecule is O=C1CN(c2nc(C(=O)O)cc3ccccc23)CCCN1. The minimum absolute atomic E-state index is 0.00615. The van der Waals surface area contributed by atoms with Gasteiger partial charge in [0.1, 0.15) is 5.82 Å². The van der Waals surface area contributed by atoms with Gasteiger partial charge in [-0.2, -0.15) is 0 Å². The summed E-state index contributed by atoms with van der Waals surface area (Å²) >= 11 is 0. The minimum Gasteiger partial charge on any atom is -0.477 e. The highest BCUT2D eigenvalue weighted by atomic mass is 16.4. The summed E-state index contributed by atoms with van der Waals surface area (Å²) < 4.78 is 0. The summed E-state index contributed by atoms with van der Waals surface area (Å²) in [5, 5.41) is 13.7. The first-order chi connectivity index (χ1) is 10.1. The predicted octanol–water partition coefficient (Wildman–Crippen LogP) is 1.26. The number of amides is 1. The molecule has 108 valence electrons. The van der Waals surface area contributed by atoms with Crippen molar-refractivity contribution in [3.05, 3.63) is 36.0 Å². The summed E-state index contributed by atoms with van der Waals surface area (Å²) in [6, 6.07) is 9.04. The van der Waals surface area contributed by atoms with Crippen LogP contribution < -0.4 is 10.2 Å². The number of carbonyl (C=O) groups is 2. The molecule has 0 atom stereocenters. The van der Waals surface area contributed by atoms with Crippen LogP contribution in [-0.4, -0.2) is 41.6 Å². The summed E-state index contributed by atoms with van der Waals surface area (Å²) in [5.41, 5.74) is -0.00615. The Labute approximate surface area is 121 Å². The van der Waals surface area contributed by atoms with E-state index in [-0.39, 0.29) is 18.1 Å². The van der Waals surface area contributed by atoms with Crippen LogP contribution in [0.15, 0.2) is 30.3 Å². The first-order valence-corrected chi connectivity index (χ1v) is 6.80. The van der Waals surface area contributed by atoms with Crippen LogP contribution in [0.5, 0.6) is 0 Å². The van der Waals surface area contributed by atoms with Crippen molar-refractivity contribution in [3.8, 4) is 0 Å². The molecule has 1 aliphatic rings. The number of hydrogen-bond donors (Lipinski definition) is 2. The average Bonchev–Trinajstić information content (AvgIpc) is 2.70. The molecule has 3 rings (SSSR count). The Morgan fingerprint density at radius 2 is 2.14 bits per heavy atom. The fraction of sp³-hybridized carbons (Fsp3) is 0.267. The van der Waals surface area contributed by atoms with E-state index in [0.717, 1.165) is 17.2 Å². The van der Waals surface area contributed by atoms with E-state index in [1.165, 1.54) is 0 Å². The lowest BCUT2D eigenvalue weighted by Gasteiger charge is -2.22. The standard InChI is InChI=1S/C15H15N3O3/c19-13-9-18(7-3-6-16-13)14-11-5-2-1-4-10(11)8-12(17-14)15(20)21/h1-2,4-5,8H,3,6-7,9H2,(H,16,19)(H,20,21). The van der Waals surface area contributed by atoms with Crippen molar-refractivity contribution in [1.82, 2.24) is 10.3 Å². The number of nitrogens with zero attached hydrogens (tertiary/aromatic N) is 2. The van der Waals surface area contributed by atoms with Gasteiger partial charge in [-0.05, 0) is 17.9 Å². The van der Waals surface area contributed by atoms with Crippen molar-refractivity contribution in [2.75, 3.05) is 24.5 Å². The van der Waals surface area contributed by atoms with Gasteiger partial charge < -0.3 is 15.3 Å². The molecule has 0 aliphatic carbocycles. The van der Waals surface area contributed by atoms with E-state index in [2.05, 4.69) is 10.3 Å². The number of anilines is 1. The second kappa shape index (κ2) is 5.40. The third-order valence-electron chi connectivity index (χ3n) is 3.50. The van der Waals surface area contributed by atoms with E-state index >= 15 is 0 Å². The third kappa shape index (κ3) is 2.65. The van der Waals surface area contributed by atoms with Crippen molar-refractivity contribution in [1.29, 1.82) is 0 Å². The van der Waals surface area contributed by atoms with Gasteiger partial charge in [0.25, 0.3) is 0 Å². The Balaban J connectivity index is 2.14. The highest BCUT2D eigenvalue weighted by molar-refractivity contribution is 5.98. The number of carboxylic acid groups (broad SMARTS) is 1. The first kappa shape index (κ1) is 13.4. The highest BCUT2D eigenvalue weighted by Crippen LogP contribution is 2.26. The molecule has 1 amide bonds. The molecule has 21 heavy (non-hydrogen) atoms. The maximum Gasteiger partial charge on any atom is 0.354 e. The van der Waals surface area contributed by atoms with E-state index in [9.17, 15) is 14.7 Å². The molecule has 0 bridgehead atoms. The van der Waals surface area contributed by atoms with Gasteiger partial charge >= 0.3 is 5.97 Å². The van der Waals surface area contributed by atoms with E-state index in [1.807, 2.05) is 29.2 Å². The molecule has 0 spiro atoms. The van der Waals surface area contributed by atoms with Crippen LogP contribution in [0.25, 0.3) is 10.8 Å². The lowest BCUT2D eigenvalue weighted by Crippen LogP contribution is -2.33. The van der Waals surface area contributed by atoms with Crippen molar-refractivity contribution >= 4 is 28.5 Å². The fourth-order valence-corrected chi connectivity index (χ4v) is 2.52. The normalized spacial score (nSPS) is 15.6. The fourth-order valence-electron chi connectivity index (χ4n) is 2.52. The van der Waals surface area contributed by atoms with Gasteiger partial charge in [-0.15, -0.1) is 0 Å². The lowest BCUT2D eigenvalue weighted by atomic mass is 10.1. The molecule has 1 aliphatic heterocycles. The summed E-state index contributed by atoms with van der Waals surface area (Å²) in [6.07, 6.45) is 0.805. The minimum atomic E-state index is -1.07. The van der Waals surface area contributed by atoms with Gasteiger partial charge in [0.15, 0.2) is 5.69 Å². The van der Waals surface area contributed by atoms with E-state index in [4.69, 9.17) is 0 Å². The van der Waals surface area contributed by atoms with Crippen molar-refractivity contribution in [2.24, 2.45) is 0 Å². The number of fused-ring (bicyclic) bond motifs is 1. The van der Waals surface area contributed by atoms with E-state index in [1.54, 1.807) is 6.07 Å². The van der Waals surface area contributed by atoms with Crippen LogP contribution in [0.2, 0.25) is 0 Å². The van der Waals surface area contributed by atoms with Gasteiger partial charge in [-0.1, -0.05) is 24.3 Å². The van der Waals surface area contributed by atoms with Crippen LogP contribution in [0.3, 0.4) is 0 Å². The maximum absolute atomic E-state index is 11.7. The molecular weight excluding hydrogens is 270 g/mol. The van der Waals surface area contributed by atoms with Crippen molar-refractivity contribution in [3.63, 3.8) is 0 Å². The topological polar surface area (TPSA) is 82.5 Å². The number of pyridine rings is 1. The molecule has 1 fully saturated rings. The second-order valence-electron chi connectivity index (χ2n) is 4.98. The number of carbonyl (C=O) groups excluding carboxylic acids is 1. The second-order valence-corrected chi connectivity index (χ2v) is 4.98. The molecule has 2 aromatic rings. The van der Waals surface area contributed by atoms with Gasteiger partial charge in [0.2, 0.25) is 5.91 Å². The van der Waals surface area contributed by atoms with Crippen LogP contribution in [0.1, 0.15) is 16.9 Å². The number of benzene rings is 1. The largest absolute Gasteiger partial charge is 0.477 e. The molecular formula is C15H15N3O3. The predicted molar refractivity (Wildman–Crippen MR) is 78.5 cm³/mol. The summed E-state index contributed by atoms with van der Waals surface area (Å²) in [4.78, 5) is 29.1. The number of hydrogen-bond acceptors (Lipinski definition) is 4.